The van der Waals surface area contributed by atoms with Crippen LogP contribution in [0.1, 0.15) is 18.5 Å². The van der Waals surface area contributed by atoms with Gasteiger partial charge in [-0.3, -0.25) is 0 Å². The Morgan fingerprint density at radius 3 is 2.31 bits per heavy atom. The molecule has 2 nitrogen and oxygen atoms in total. The van der Waals surface area contributed by atoms with Crippen molar-refractivity contribution in [1.29, 1.82) is 0 Å². The Bertz CT molecular complexity index is 470. The molecule has 16 heavy (non-hydrogen) atoms. The molecule has 0 aromatic heterocycles. The molecule has 2 atom stereocenters. The van der Waals surface area contributed by atoms with Crippen LogP contribution in [-0.2, 0) is 0 Å². The molecule has 2 rings (SSSR count). The maximum atomic E-state index is 9.42. The van der Waals surface area contributed by atoms with Gasteiger partial charge in [0, 0.05) is 0 Å². The summed E-state index contributed by atoms with van der Waals surface area (Å²) in [6.45, 7) is 1.71. The van der Waals surface area contributed by atoms with Gasteiger partial charge in [-0.1, -0.05) is 36.4 Å². The fourth-order valence-corrected chi connectivity index (χ4v) is 1.69. The monoisotopic (exact) mass is 237 g/mol. The van der Waals surface area contributed by atoms with E-state index in [2.05, 4.69) is 6.07 Å². The lowest BCUT2D eigenvalue weighted by atomic mass is 10.00. The summed E-state index contributed by atoms with van der Waals surface area (Å²) < 4.78 is 0. The third-order valence-electron chi connectivity index (χ3n) is 2.68. The molecule has 3 heteroatoms. The zero-order valence-electron chi connectivity index (χ0n) is 9.13. The zero-order valence-corrected chi connectivity index (χ0v) is 9.95. The van der Waals surface area contributed by atoms with E-state index in [0.29, 0.717) is 0 Å². The highest BCUT2D eigenvalue weighted by molar-refractivity contribution is 5.85. The van der Waals surface area contributed by atoms with Gasteiger partial charge < -0.3 is 10.8 Å². The molecule has 2 aromatic rings. The minimum absolute atomic E-state index is 0. The van der Waals surface area contributed by atoms with Gasteiger partial charge in [0.25, 0.3) is 0 Å². The molecule has 0 aliphatic carbocycles. The van der Waals surface area contributed by atoms with E-state index in [-0.39, 0.29) is 18.4 Å². The Morgan fingerprint density at radius 2 is 1.69 bits per heavy atom. The van der Waals surface area contributed by atoms with E-state index < -0.39 is 6.10 Å². The van der Waals surface area contributed by atoms with Crippen LogP contribution in [0, 0.1) is 0 Å². The van der Waals surface area contributed by atoms with Gasteiger partial charge in [0.15, 0.2) is 0 Å². The number of aliphatic hydroxyl groups is 1. The molecule has 0 radical (unpaired) electrons. The summed E-state index contributed by atoms with van der Waals surface area (Å²) >= 11 is 0. The van der Waals surface area contributed by atoms with Gasteiger partial charge in [-0.15, -0.1) is 12.4 Å². The van der Waals surface area contributed by atoms with Crippen molar-refractivity contribution >= 4 is 23.2 Å². The van der Waals surface area contributed by atoms with Crippen molar-refractivity contribution in [2.24, 2.45) is 5.73 Å². The number of rotatable bonds is 2. The van der Waals surface area contributed by atoms with Crippen LogP contribution in [0.15, 0.2) is 42.5 Å². The van der Waals surface area contributed by atoms with Crippen LogP contribution in [0.3, 0.4) is 0 Å². The van der Waals surface area contributed by atoms with E-state index in [0.717, 1.165) is 10.9 Å². The van der Waals surface area contributed by atoms with E-state index in [1.165, 1.54) is 5.39 Å². The fourth-order valence-electron chi connectivity index (χ4n) is 1.69. The number of nitrogens with two attached hydrogens (primary N) is 1. The zero-order chi connectivity index (χ0) is 10.8. The van der Waals surface area contributed by atoms with Crippen molar-refractivity contribution in [1.82, 2.24) is 0 Å². The number of hydrogen-bond acceptors (Lipinski definition) is 2. The first-order chi connectivity index (χ1) is 7.18. The van der Waals surface area contributed by atoms with Gasteiger partial charge in [-0.05, 0) is 29.3 Å². The Balaban J connectivity index is 0.00000128. The summed E-state index contributed by atoms with van der Waals surface area (Å²) in [4.78, 5) is 0. The number of halogens is 1. The second kappa shape index (κ2) is 5.30. The van der Waals surface area contributed by atoms with Crippen molar-refractivity contribution in [2.75, 3.05) is 0 Å². The van der Waals surface area contributed by atoms with Crippen molar-refractivity contribution in [3.63, 3.8) is 0 Å². The Morgan fingerprint density at radius 1 is 1.06 bits per heavy atom. The van der Waals surface area contributed by atoms with Crippen LogP contribution in [0.5, 0.6) is 0 Å². The summed E-state index contributed by atoms with van der Waals surface area (Å²) in [5, 5.41) is 11.8. The summed E-state index contributed by atoms with van der Waals surface area (Å²) in [5.41, 5.74) is 6.85. The first-order valence-electron chi connectivity index (χ1n) is 5.11. The van der Waals surface area contributed by atoms with E-state index in [1.54, 1.807) is 6.92 Å². The standard InChI is InChI=1S/C13H15NO.ClH/c1-9(15)13(14)12-7-6-10-4-2-3-5-11(10)8-12;/h2-9,13,15H,14H2,1H3;1H/t9-,13-;/m1./s1. The predicted octanol–water partition coefficient (Wildman–Crippen LogP) is 2.64. The molecular weight excluding hydrogens is 222 g/mol. The summed E-state index contributed by atoms with van der Waals surface area (Å²) in [7, 11) is 0. The molecule has 0 aliphatic heterocycles. The SMILES string of the molecule is C[C@@H](O)[C@@H](N)c1ccc2ccccc2c1.Cl. The quantitative estimate of drug-likeness (QED) is 0.844. The van der Waals surface area contributed by atoms with Crippen molar-refractivity contribution in [3.8, 4) is 0 Å². The highest BCUT2D eigenvalue weighted by Gasteiger charge is 2.11. The molecule has 0 unspecified atom stereocenters. The lowest BCUT2D eigenvalue weighted by molar-refractivity contribution is 0.164. The smallest absolute Gasteiger partial charge is 0.0704 e. The molecular formula is C13H16ClNO. The first-order valence-corrected chi connectivity index (χ1v) is 5.11. The van der Waals surface area contributed by atoms with Crippen molar-refractivity contribution in [3.05, 3.63) is 48.0 Å². The molecule has 0 aliphatic rings. The molecule has 86 valence electrons. The van der Waals surface area contributed by atoms with Gasteiger partial charge in [0.05, 0.1) is 12.1 Å². The van der Waals surface area contributed by atoms with Crippen LogP contribution < -0.4 is 5.73 Å². The van der Waals surface area contributed by atoms with Crippen LogP contribution in [0.2, 0.25) is 0 Å². The summed E-state index contributed by atoms with van der Waals surface area (Å²) in [6, 6.07) is 13.9. The Kier molecular flexibility index (Phi) is 4.30. The number of benzene rings is 2. The fraction of sp³-hybridized carbons (Fsp3) is 0.231. The second-order valence-corrected chi connectivity index (χ2v) is 3.87. The molecule has 2 aromatic carbocycles. The molecule has 0 saturated carbocycles. The predicted molar refractivity (Wildman–Crippen MR) is 69.8 cm³/mol. The topological polar surface area (TPSA) is 46.2 Å². The number of hydrogen-bond donors (Lipinski definition) is 2. The van der Waals surface area contributed by atoms with Gasteiger partial charge in [-0.2, -0.15) is 0 Å². The first kappa shape index (κ1) is 13.0. The van der Waals surface area contributed by atoms with Crippen molar-refractivity contribution < 1.29 is 5.11 Å². The number of fused-ring (bicyclic) bond motifs is 1. The largest absolute Gasteiger partial charge is 0.391 e. The Hall–Kier alpha value is -1.09. The van der Waals surface area contributed by atoms with Crippen molar-refractivity contribution in [2.45, 2.75) is 19.1 Å². The van der Waals surface area contributed by atoms with E-state index >= 15 is 0 Å². The van der Waals surface area contributed by atoms with Gasteiger partial charge >= 0.3 is 0 Å². The average molecular weight is 238 g/mol. The second-order valence-electron chi connectivity index (χ2n) is 3.87. The molecule has 0 spiro atoms. The van der Waals surface area contributed by atoms with E-state index in [1.807, 2.05) is 36.4 Å². The number of aliphatic hydroxyl groups excluding tert-OH is 1. The van der Waals surface area contributed by atoms with Crippen LogP contribution >= 0.6 is 12.4 Å². The maximum absolute atomic E-state index is 9.42. The minimum atomic E-state index is -0.522. The highest BCUT2D eigenvalue weighted by Crippen LogP contribution is 2.20. The van der Waals surface area contributed by atoms with E-state index in [4.69, 9.17) is 5.73 Å². The molecule has 0 saturated heterocycles. The minimum Gasteiger partial charge on any atom is -0.391 e. The maximum Gasteiger partial charge on any atom is 0.0704 e. The molecule has 0 fully saturated rings. The normalized spacial score (nSPS) is 14.2. The lowest BCUT2D eigenvalue weighted by Gasteiger charge is -2.15. The molecule has 0 bridgehead atoms. The molecule has 0 amide bonds. The van der Waals surface area contributed by atoms with Gasteiger partial charge in [0.2, 0.25) is 0 Å². The molecule has 3 N–H and O–H groups in total. The van der Waals surface area contributed by atoms with Crippen LogP contribution in [-0.4, -0.2) is 11.2 Å². The van der Waals surface area contributed by atoms with Crippen LogP contribution in [0.25, 0.3) is 10.8 Å². The Labute approximate surface area is 101 Å². The summed E-state index contributed by atoms with van der Waals surface area (Å²) in [5.74, 6) is 0. The van der Waals surface area contributed by atoms with Gasteiger partial charge in [0.1, 0.15) is 0 Å². The van der Waals surface area contributed by atoms with Crippen LogP contribution in [0.4, 0.5) is 0 Å². The van der Waals surface area contributed by atoms with Gasteiger partial charge in [-0.25, -0.2) is 0 Å². The lowest BCUT2D eigenvalue weighted by Crippen LogP contribution is -2.22. The third kappa shape index (κ3) is 2.53. The van der Waals surface area contributed by atoms with E-state index in [9.17, 15) is 5.11 Å². The summed E-state index contributed by atoms with van der Waals surface area (Å²) in [6.07, 6.45) is -0.522. The molecule has 0 heterocycles. The highest BCUT2D eigenvalue weighted by atomic mass is 35.5. The average Bonchev–Trinajstić information content (AvgIpc) is 2.27. The third-order valence-corrected chi connectivity index (χ3v) is 2.68.